The molecular formula is C18H22N2Pd. The molecule has 2 rings (SSSR count). The molecule has 0 unspecified atom stereocenters. The van der Waals surface area contributed by atoms with Crippen molar-refractivity contribution in [2.24, 2.45) is 9.98 Å². The van der Waals surface area contributed by atoms with Crippen LogP contribution in [0, 0.1) is 14.9 Å². The van der Waals surface area contributed by atoms with E-state index in [0.717, 1.165) is 22.8 Å². The normalized spacial score (nSPS) is 10.8. The molecule has 0 atom stereocenters. The van der Waals surface area contributed by atoms with E-state index in [2.05, 4.69) is 9.98 Å². The van der Waals surface area contributed by atoms with E-state index in [0.29, 0.717) is 0 Å². The maximum Gasteiger partial charge on any atom is 2.00 e. The van der Waals surface area contributed by atoms with E-state index in [1.54, 1.807) is 0 Å². The van der Waals surface area contributed by atoms with Crippen molar-refractivity contribution in [1.29, 1.82) is 0 Å². The molecule has 0 fully saturated rings. The van der Waals surface area contributed by atoms with Gasteiger partial charge in [-0.1, -0.05) is 36.4 Å². The van der Waals surface area contributed by atoms with Crippen molar-refractivity contribution in [3.63, 3.8) is 0 Å². The van der Waals surface area contributed by atoms with Crippen LogP contribution in [0.3, 0.4) is 0 Å². The van der Waals surface area contributed by atoms with Gasteiger partial charge >= 0.3 is 20.4 Å². The fourth-order valence-corrected chi connectivity index (χ4v) is 1.55. The van der Waals surface area contributed by atoms with Crippen LogP contribution in [-0.4, -0.2) is 11.4 Å². The van der Waals surface area contributed by atoms with Crippen molar-refractivity contribution in [3.8, 4) is 0 Å². The van der Waals surface area contributed by atoms with E-state index in [-0.39, 0.29) is 35.3 Å². The number of benzene rings is 2. The second-order valence-corrected chi connectivity index (χ2v) is 4.07. The average Bonchev–Trinajstić information content (AvgIpc) is 2.41. The Morgan fingerprint density at radius 2 is 0.905 bits per heavy atom. The van der Waals surface area contributed by atoms with Crippen molar-refractivity contribution in [2.45, 2.75) is 13.8 Å². The molecule has 0 amide bonds. The van der Waals surface area contributed by atoms with Gasteiger partial charge in [-0.15, -0.1) is 0 Å². The van der Waals surface area contributed by atoms with Crippen LogP contribution in [0.5, 0.6) is 0 Å². The molecule has 0 radical (unpaired) electrons. The first kappa shape index (κ1) is 21.7. The average molecular weight is 373 g/mol. The molecule has 2 aromatic carbocycles. The smallest absolute Gasteiger partial charge is 0.358 e. The third kappa shape index (κ3) is 7.13. The number of rotatable bonds is 3. The Labute approximate surface area is 142 Å². The van der Waals surface area contributed by atoms with Crippen LogP contribution < -0.4 is 0 Å². The largest absolute Gasteiger partial charge is 2.00 e. The minimum Gasteiger partial charge on any atom is -0.358 e. The molecule has 0 aliphatic carbocycles. The molecule has 0 heterocycles. The molecule has 114 valence electrons. The number of aliphatic imine (C=N–C) groups is 2. The Morgan fingerprint density at radius 1 is 0.619 bits per heavy atom. The third-order valence-corrected chi connectivity index (χ3v) is 2.63. The zero-order chi connectivity index (χ0) is 12.8. The van der Waals surface area contributed by atoms with Gasteiger partial charge in [-0.05, 0) is 38.1 Å². The van der Waals surface area contributed by atoms with Gasteiger partial charge in [0.15, 0.2) is 0 Å². The zero-order valence-electron chi connectivity index (χ0n) is 13.0. The Bertz CT molecular complexity index is 507. The van der Waals surface area contributed by atoms with Gasteiger partial charge < -0.3 is 14.9 Å². The Morgan fingerprint density at radius 3 is 1.19 bits per heavy atom. The predicted molar refractivity (Wildman–Crippen MR) is 91.3 cm³/mol. The summed E-state index contributed by atoms with van der Waals surface area (Å²) >= 11 is 0. The Kier molecular flexibility index (Phi) is 11.5. The third-order valence-electron chi connectivity index (χ3n) is 2.63. The summed E-state index contributed by atoms with van der Waals surface area (Å²) < 4.78 is 0. The van der Waals surface area contributed by atoms with E-state index in [4.69, 9.17) is 0 Å². The number of hydrogen-bond donors (Lipinski definition) is 0. The summed E-state index contributed by atoms with van der Waals surface area (Å²) in [6.45, 7) is 3.96. The molecule has 0 bridgehead atoms. The van der Waals surface area contributed by atoms with Crippen molar-refractivity contribution >= 4 is 22.8 Å². The van der Waals surface area contributed by atoms with Crippen LogP contribution in [0.2, 0.25) is 0 Å². The molecule has 2 aromatic rings. The second-order valence-electron chi connectivity index (χ2n) is 4.07. The number of para-hydroxylation sites is 2. The molecule has 0 saturated heterocycles. The fraction of sp³-hybridized carbons (Fsp3) is 0.111. The first-order valence-electron chi connectivity index (χ1n) is 5.97. The summed E-state index contributed by atoms with van der Waals surface area (Å²) in [5, 5.41) is 0. The number of hydrogen-bond acceptors (Lipinski definition) is 2. The van der Waals surface area contributed by atoms with E-state index >= 15 is 0 Å². The van der Waals surface area contributed by atoms with E-state index < -0.39 is 0 Å². The molecule has 0 spiro atoms. The van der Waals surface area contributed by atoms with Crippen molar-refractivity contribution in [1.82, 2.24) is 0 Å². The minimum atomic E-state index is 0. The molecule has 0 aliphatic rings. The number of nitrogens with zero attached hydrogens (tertiary/aromatic N) is 2. The van der Waals surface area contributed by atoms with Gasteiger partial charge in [-0.25, -0.2) is 0 Å². The first-order chi connectivity index (χ1) is 8.75. The van der Waals surface area contributed by atoms with Crippen LogP contribution in [-0.2, 0) is 20.4 Å². The van der Waals surface area contributed by atoms with Gasteiger partial charge in [0.1, 0.15) is 0 Å². The van der Waals surface area contributed by atoms with E-state index in [9.17, 15) is 0 Å². The molecule has 0 aliphatic heterocycles. The summed E-state index contributed by atoms with van der Waals surface area (Å²) in [7, 11) is 0. The molecule has 2 nitrogen and oxygen atoms in total. The maximum absolute atomic E-state index is 4.54. The van der Waals surface area contributed by atoms with Crippen molar-refractivity contribution in [3.05, 3.63) is 75.5 Å². The molecule has 0 aromatic heterocycles. The Hall–Kier alpha value is -1.56. The van der Waals surface area contributed by atoms with Crippen molar-refractivity contribution < 1.29 is 20.4 Å². The summed E-state index contributed by atoms with van der Waals surface area (Å²) in [6.07, 6.45) is 0. The molecule has 0 N–H and O–H groups in total. The summed E-state index contributed by atoms with van der Waals surface area (Å²) in [4.78, 5) is 9.08. The summed E-state index contributed by atoms with van der Waals surface area (Å²) in [5.41, 5.74) is 3.78. The zero-order valence-corrected chi connectivity index (χ0v) is 14.5. The van der Waals surface area contributed by atoms with Crippen LogP contribution in [0.1, 0.15) is 13.8 Å². The molecule has 21 heavy (non-hydrogen) atoms. The van der Waals surface area contributed by atoms with E-state index in [1.165, 1.54) is 0 Å². The van der Waals surface area contributed by atoms with Crippen LogP contribution >= 0.6 is 0 Å². The predicted octanol–water partition coefficient (Wildman–Crippen LogP) is 5.47. The van der Waals surface area contributed by atoms with Gasteiger partial charge in [0.05, 0.1) is 22.8 Å². The molecule has 0 saturated carbocycles. The van der Waals surface area contributed by atoms with Gasteiger partial charge in [-0.2, -0.15) is 0 Å². The van der Waals surface area contributed by atoms with Gasteiger partial charge in [-0.3, -0.25) is 9.98 Å². The van der Waals surface area contributed by atoms with Gasteiger partial charge in [0.25, 0.3) is 0 Å². The molecular weight excluding hydrogens is 351 g/mol. The van der Waals surface area contributed by atoms with Crippen LogP contribution in [0.4, 0.5) is 11.4 Å². The molecule has 3 heteroatoms. The summed E-state index contributed by atoms with van der Waals surface area (Å²) in [5.74, 6) is 0. The van der Waals surface area contributed by atoms with Gasteiger partial charge in [0.2, 0.25) is 0 Å². The maximum atomic E-state index is 4.54. The minimum absolute atomic E-state index is 0. The van der Waals surface area contributed by atoms with E-state index in [1.807, 2.05) is 74.5 Å². The quantitative estimate of drug-likeness (QED) is 0.388. The van der Waals surface area contributed by atoms with Crippen molar-refractivity contribution in [2.75, 3.05) is 0 Å². The second kappa shape index (κ2) is 11.1. The topological polar surface area (TPSA) is 24.7 Å². The summed E-state index contributed by atoms with van der Waals surface area (Å²) in [6, 6.07) is 19.8. The SMILES string of the molecule is CC(=Nc1ccccc1)C(C)=Nc1ccccc1.[CH3-].[CH3-].[Pd+2]. The van der Waals surface area contributed by atoms with Crippen LogP contribution in [0.25, 0.3) is 0 Å². The standard InChI is InChI=1S/C16H16N2.2CH3.Pd/c1-13(17-15-9-5-3-6-10-15)14(2)18-16-11-7-4-8-12-16;;;/h3-12H,1-2H3;2*1H3;/q;2*-1;+2. The van der Waals surface area contributed by atoms with Crippen LogP contribution in [0.15, 0.2) is 70.6 Å². The van der Waals surface area contributed by atoms with Gasteiger partial charge in [0, 0.05) is 0 Å². The Balaban J connectivity index is 0. The first-order valence-corrected chi connectivity index (χ1v) is 5.97. The fourth-order valence-electron chi connectivity index (χ4n) is 1.55. The monoisotopic (exact) mass is 372 g/mol.